The van der Waals surface area contributed by atoms with Crippen molar-refractivity contribution in [3.8, 4) is 0 Å². The molecule has 6 nitrogen and oxygen atoms in total. The number of carbonyl (C=O) groups is 1. The molecular formula is C15H23N3O3S. The molecule has 0 aliphatic carbocycles. The Kier molecular flexibility index (Phi) is 5.20. The van der Waals surface area contributed by atoms with Crippen molar-refractivity contribution in [3.63, 3.8) is 0 Å². The molecule has 0 aromatic heterocycles. The number of hydrogen-bond donors (Lipinski definition) is 2. The third-order valence-corrected chi connectivity index (χ3v) is 4.90. The summed E-state index contributed by atoms with van der Waals surface area (Å²) in [4.78, 5) is 14.5. The van der Waals surface area contributed by atoms with Gasteiger partial charge in [-0.2, -0.15) is 0 Å². The van der Waals surface area contributed by atoms with Crippen LogP contribution in [0.15, 0.2) is 24.3 Å². The molecule has 122 valence electrons. The van der Waals surface area contributed by atoms with Gasteiger partial charge in [0.2, 0.25) is 10.0 Å². The fraction of sp³-hybridized carbons (Fsp3) is 0.533. The number of nitrogens with two attached hydrogens (primary N) is 2. The Hall–Kier alpha value is -1.44. The molecular weight excluding hydrogens is 302 g/mol. The van der Waals surface area contributed by atoms with Crippen LogP contribution in [0.4, 0.5) is 0 Å². The van der Waals surface area contributed by atoms with Gasteiger partial charge in [-0.3, -0.25) is 4.79 Å². The smallest absolute Gasteiger partial charge is 0.254 e. The van der Waals surface area contributed by atoms with E-state index in [0.717, 1.165) is 12.8 Å². The predicted molar refractivity (Wildman–Crippen MR) is 85.5 cm³/mol. The summed E-state index contributed by atoms with van der Waals surface area (Å²) in [7, 11) is -3.61. The van der Waals surface area contributed by atoms with E-state index in [-0.39, 0.29) is 17.7 Å². The van der Waals surface area contributed by atoms with Crippen molar-refractivity contribution in [1.82, 2.24) is 4.90 Å². The molecule has 1 fully saturated rings. The molecule has 22 heavy (non-hydrogen) atoms. The third-order valence-electron chi connectivity index (χ3n) is 4.16. The van der Waals surface area contributed by atoms with Crippen LogP contribution in [0.5, 0.6) is 0 Å². The summed E-state index contributed by atoms with van der Waals surface area (Å²) in [5.74, 6) is -0.00115. The van der Waals surface area contributed by atoms with Gasteiger partial charge in [-0.1, -0.05) is 19.1 Å². The number of likely N-dealkylation sites (tertiary alicyclic amines) is 1. The van der Waals surface area contributed by atoms with E-state index in [4.69, 9.17) is 10.9 Å². The number of hydrogen-bond acceptors (Lipinski definition) is 4. The highest BCUT2D eigenvalue weighted by Gasteiger charge is 2.31. The number of nitrogens with zero attached hydrogens (tertiary/aromatic N) is 1. The predicted octanol–water partition coefficient (Wildman–Crippen LogP) is 0.675. The van der Waals surface area contributed by atoms with Gasteiger partial charge in [-0.05, 0) is 36.5 Å². The Morgan fingerprint density at radius 1 is 1.41 bits per heavy atom. The summed E-state index contributed by atoms with van der Waals surface area (Å²) in [5, 5.41) is 5.06. The van der Waals surface area contributed by atoms with Gasteiger partial charge in [0, 0.05) is 24.7 Å². The number of benzene rings is 1. The number of carbonyl (C=O) groups excluding carboxylic acids is 1. The number of primary sulfonamides is 1. The summed E-state index contributed by atoms with van der Waals surface area (Å²) >= 11 is 0. The molecule has 4 N–H and O–H groups in total. The van der Waals surface area contributed by atoms with Crippen molar-refractivity contribution in [2.75, 3.05) is 13.1 Å². The summed E-state index contributed by atoms with van der Waals surface area (Å²) in [6.07, 6.45) is 2.03. The van der Waals surface area contributed by atoms with Gasteiger partial charge in [0.25, 0.3) is 5.91 Å². The van der Waals surface area contributed by atoms with E-state index in [9.17, 15) is 13.2 Å². The molecule has 0 unspecified atom stereocenters. The Bertz CT molecular complexity index is 645. The minimum atomic E-state index is -3.61. The highest BCUT2D eigenvalue weighted by Crippen LogP contribution is 2.24. The zero-order valence-corrected chi connectivity index (χ0v) is 13.6. The highest BCUT2D eigenvalue weighted by molar-refractivity contribution is 7.88. The van der Waals surface area contributed by atoms with E-state index in [1.54, 1.807) is 24.3 Å². The average Bonchev–Trinajstić information content (AvgIpc) is 2.44. The third kappa shape index (κ3) is 4.06. The molecule has 1 amide bonds. The minimum absolute atomic E-state index is 0.0307. The van der Waals surface area contributed by atoms with Gasteiger partial charge in [0.15, 0.2) is 0 Å². The van der Waals surface area contributed by atoms with Gasteiger partial charge in [-0.25, -0.2) is 13.6 Å². The van der Waals surface area contributed by atoms with Crippen molar-refractivity contribution in [2.45, 2.75) is 31.6 Å². The maximum atomic E-state index is 12.7. The lowest BCUT2D eigenvalue weighted by Gasteiger charge is -2.39. The average molecular weight is 325 g/mol. The lowest BCUT2D eigenvalue weighted by atomic mass is 9.90. The zero-order valence-electron chi connectivity index (χ0n) is 12.7. The number of sulfonamides is 1. The van der Waals surface area contributed by atoms with E-state index < -0.39 is 10.0 Å². The van der Waals surface area contributed by atoms with Gasteiger partial charge < -0.3 is 10.6 Å². The lowest BCUT2D eigenvalue weighted by molar-refractivity contribution is 0.0532. The lowest BCUT2D eigenvalue weighted by Crippen LogP contribution is -2.51. The Morgan fingerprint density at radius 3 is 2.77 bits per heavy atom. The first kappa shape index (κ1) is 16.9. The van der Waals surface area contributed by atoms with Crippen LogP contribution in [0.25, 0.3) is 0 Å². The second kappa shape index (κ2) is 6.76. The molecule has 1 saturated heterocycles. The topological polar surface area (TPSA) is 106 Å². The second-order valence-corrected chi connectivity index (χ2v) is 7.54. The number of rotatable bonds is 4. The Morgan fingerprint density at radius 2 is 2.14 bits per heavy atom. The molecule has 2 atom stereocenters. The minimum Gasteiger partial charge on any atom is -0.334 e. The van der Waals surface area contributed by atoms with Crippen molar-refractivity contribution in [3.05, 3.63) is 35.4 Å². The quantitative estimate of drug-likeness (QED) is 0.848. The van der Waals surface area contributed by atoms with Crippen molar-refractivity contribution in [2.24, 2.45) is 16.8 Å². The van der Waals surface area contributed by atoms with Crippen LogP contribution < -0.4 is 10.9 Å². The van der Waals surface area contributed by atoms with Gasteiger partial charge in [0.1, 0.15) is 0 Å². The van der Waals surface area contributed by atoms with E-state index >= 15 is 0 Å². The summed E-state index contributed by atoms with van der Waals surface area (Å²) in [5.41, 5.74) is 6.82. The van der Waals surface area contributed by atoms with Gasteiger partial charge >= 0.3 is 0 Å². The molecule has 7 heteroatoms. The molecule has 1 aliphatic rings. The fourth-order valence-electron chi connectivity index (χ4n) is 3.05. The van der Waals surface area contributed by atoms with Crippen LogP contribution in [0, 0.1) is 5.92 Å². The fourth-order valence-corrected chi connectivity index (χ4v) is 3.70. The van der Waals surface area contributed by atoms with Crippen LogP contribution in [0.2, 0.25) is 0 Å². The second-order valence-electron chi connectivity index (χ2n) is 5.93. The summed E-state index contributed by atoms with van der Waals surface area (Å²) < 4.78 is 22.4. The maximum absolute atomic E-state index is 12.7. The Labute approximate surface area is 131 Å². The van der Waals surface area contributed by atoms with Crippen molar-refractivity contribution >= 4 is 15.9 Å². The van der Waals surface area contributed by atoms with E-state index in [1.807, 2.05) is 4.90 Å². The summed E-state index contributed by atoms with van der Waals surface area (Å²) in [6.45, 7) is 3.22. The first-order chi connectivity index (χ1) is 10.3. The van der Waals surface area contributed by atoms with Crippen LogP contribution in [-0.4, -0.2) is 38.4 Å². The van der Waals surface area contributed by atoms with Gasteiger partial charge in [0.05, 0.1) is 5.75 Å². The molecule has 1 aliphatic heterocycles. The normalized spacial score (nSPS) is 22.6. The number of amides is 1. The van der Waals surface area contributed by atoms with E-state index in [1.165, 1.54) is 0 Å². The molecule has 0 bridgehead atoms. The molecule has 0 spiro atoms. The number of piperidine rings is 1. The van der Waals surface area contributed by atoms with Crippen LogP contribution >= 0.6 is 0 Å². The molecule has 1 aromatic rings. The standard InChI is InChI=1S/C15H23N3O3S/c1-11-4-3-7-18(14(11)9-16)15(19)13-6-2-5-12(8-13)10-22(17,20)21/h2,5-6,8,11,14H,3-4,7,9-10,16H2,1H3,(H2,17,20,21)/t11-,14-/m0/s1. The molecule has 2 rings (SSSR count). The van der Waals surface area contributed by atoms with Gasteiger partial charge in [-0.15, -0.1) is 0 Å². The Balaban J connectivity index is 2.23. The molecule has 0 saturated carbocycles. The van der Waals surface area contributed by atoms with Crippen LogP contribution in [0.3, 0.4) is 0 Å². The highest BCUT2D eigenvalue weighted by atomic mass is 32.2. The zero-order chi connectivity index (χ0) is 16.3. The van der Waals surface area contributed by atoms with Crippen molar-refractivity contribution in [1.29, 1.82) is 0 Å². The van der Waals surface area contributed by atoms with Crippen molar-refractivity contribution < 1.29 is 13.2 Å². The molecule has 1 heterocycles. The van der Waals surface area contributed by atoms with E-state index in [2.05, 4.69) is 6.92 Å². The molecule has 0 radical (unpaired) electrons. The van der Waals surface area contributed by atoms with Crippen LogP contribution in [0.1, 0.15) is 35.7 Å². The SMILES string of the molecule is C[C@H]1CCCN(C(=O)c2cccc(CS(N)(=O)=O)c2)[C@H]1CN. The van der Waals surface area contributed by atoms with E-state index in [0.29, 0.717) is 30.1 Å². The maximum Gasteiger partial charge on any atom is 0.254 e. The van der Waals surface area contributed by atoms with Crippen LogP contribution in [-0.2, 0) is 15.8 Å². The largest absolute Gasteiger partial charge is 0.334 e. The monoisotopic (exact) mass is 325 g/mol. The molecule has 1 aromatic carbocycles. The first-order valence-electron chi connectivity index (χ1n) is 7.42. The summed E-state index contributed by atoms with van der Waals surface area (Å²) in [6, 6.07) is 6.66. The first-order valence-corrected chi connectivity index (χ1v) is 9.14.